The Morgan fingerprint density at radius 1 is 1.67 bits per heavy atom. The highest BCUT2D eigenvalue weighted by Gasteiger charge is 2.23. The molecule has 0 aromatic heterocycles. The monoisotopic (exact) mass is 191 g/mol. The number of carbonyl (C=O) groups is 1. The van der Waals surface area contributed by atoms with Crippen LogP contribution in [0.4, 0.5) is 0 Å². The Bertz CT molecular complexity index is 141. The number of carboxylic acids is 1. The second-order valence-corrected chi connectivity index (χ2v) is 3.07. The van der Waals surface area contributed by atoms with Gasteiger partial charge in [0.2, 0.25) is 0 Å². The Balaban J connectivity index is 0.000000561. The van der Waals surface area contributed by atoms with Crippen molar-refractivity contribution >= 4 is 18.8 Å². The Morgan fingerprint density at radius 2 is 2.25 bits per heavy atom. The fourth-order valence-electron chi connectivity index (χ4n) is 1.23. The molecular formula is C8H17NO2S. The summed E-state index contributed by atoms with van der Waals surface area (Å²) in [5, 5.41) is 8.43. The molecule has 1 rings (SSSR count). The third-order valence-electron chi connectivity index (χ3n) is 1.76. The molecule has 1 N–H and O–H groups in total. The summed E-state index contributed by atoms with van der Waals surface area (Å²) in [5.41, 5.74) is 0. The zero-order valence-electron chi connectivity index (χ0n) is 7.66. The predicted molar refractivity (Wildman–Crippen MR) is 52.3 cm³/mol. The second kappa shape index (κ2) is 6.31. The Morgan fingerprint density at radius 3 is 2.58 bits per heavy atom. The highest BCUT2D eigenvalue weighted by molar-refractivity contribution is 7.77. The van der Waals surface area contributed by atoms with E-state index in [-0.39, 0.29) is 12.5 Å². The first-order valence-electron chi connectivity index (χ1n) is 4.37. The molecule has 0 aromatic carbocycles. The van der Waals surface area contributed by atoms with E-state index < -0.39 is 5.97 Å². The summed E-state index contributed by atoms with van der Waals surface area (Å²) >= 11 is 4.13. The van der Waals surface area contributed by atoms with Crippen LogP contribution in [0, 0.1) is 0 Å². The van der Waals surface area contributed by atoms with E-state index >= 15 is 0 Å². The van der Waals surface area contributed by atoms with Gasteiger partial charge in [-0.2, -0.15) is 0 Å². The largest absolute Gasteiger partial charge is 0.481 e. The van der Waals surface area contributed by atoms with Gasteiger partial charge in [-0.3, -0.25) is 4.79 Å². The van der Waals surface area contributed by atoms with Crippen molar-refractivity contribution in [3.63, 3.8) is 0 Å². The third kappa shape index (κ3) is 3.97. The van der Waals surface area contributed by atoms with Crippen LogP contribution in [-0.4, -0.2) is 28.0 Å². The summed E-state index contributed by atoms with van der Waals surface area (Å²) in [5.74, 6) is -0.731. The van der Waals surface area contributed by atoms with Gasteiger partial charge >= 0.3 is 5.97 Å². The Kier molecular flexibility index (Phi) is 6.20. The fourth-order valence-corrected chi connectivity index (χ4v) is 1.57. The Labute approximate surface area is 79.3 Å². The van der Waals surface area contributed by atoms with Gasteiger partial charge in [-0.15, -0.1) is 0 Å². The van der Waals surface area contributed by atoms with Gasteiger partial charge in [0.05, 0.1) is 6.42 Å². The van der Waals surface area contributed by atoms with Gasteiger partial charge < -0.3 is 5.11 Å². The topological polar surface area (TPSA) is 40.5 Å². The summed E-state index contributed by atoms with van der Waals surface area (Å²) in [4.78, 5) is 10.2. The fraction of sp³-hybridized carbons (Fsp3) is 0.875. The smallest absolute Gasteiger partial charge is 0.304 e. The molecule has 72 valence electrons. The van der Waals surface area contributed by atoms with Crippen molar-refractivity contribution in [2.45, 2.75) is 39.2 Å². The van der Waals surface area contributed by atoms with Gasteiger partial charge in [0.15, 0.2) is 0 Å². The lowest BCUT2D eigenvalue weighted by molar-refractivity contribution is -0.137. The lowest BCUT2D eigenvalue weighted by Crippen LogP contribution is -2.22. The Hall–Kier alpha value is -0.220. The summed E-state index contributed by atoms with van der Waals surface area (Å²) in [6.07, 6.45) is 2.26. The highest BCUT2D eigenvalue weighted by Crippen LogP contribution is 2.21. The molecule has 0 bridgehead atoms. The van der Waals surface area contributed by atoms with E-state index in [0.29, 0.717) is 0 Å². The first kappa shape index (κ1) is 11.8. The van der Waals surface area contributed by atoms with Gasteiger partial charge in [-0.1, -0.05) is 26.7 Å². The zero-order valence-corrected chi connectivity index (χ0v) is 8.55. The molecule has 1 aliphatic rings. The molecule has 0 radical (unpaired) electrons. The van der Waals surface area contributed by atoms with Crippen molar-refractivity contribution in [3.05, 3.63) is 0 Å². The summed E-state index contributed by atoms with van der Waals surface area (Å²) in [6, 6.07) is 0.154. The molecule has 1 saturated heterocycles. The molecule has 3 nitrogen and oxygen atoms in total. The second-order valence-electron chi connectivity index (χ2n) is 2.56. The predicted octanol–water partition coefficient (Wildman–Crippen LogP) is 1.80. The molecule has 1 unspecified atom stereocenters. The van der Waals surface area contributed by atoms with E-state index in [1.54, 1.807) is 0 Å². The van der Waals surface area contributed by atoms with Crippen molar-refractivity contribution < 1.29 is 9.90 Å². The third-order valence-corrected chi connectivity index (χ3v) is 2.28. The number of rotatable bonds is 2. The number of hydrogen-bond donors (Lipinski definition) is 2. The van der Waals surface area contributed by atoms with Crippen LogP contribution in [-0.2, 0) is 4.79 Å². The normalized spacial score (nSPS) is 23.1. The molecule has 1 atom stereocenters. The minimum atomic E-state index is -0.731. The van der Waals surface area contributed by atoms with Crippen molar-refractivity contribution in [1.82, 2.24) is 4.31 Å². The average Bonchev–Trinajstić information content (AvgIpc) is 2.40. The minimum Gasteiger partial charge on any atom is -0.481 e. The molecule has 1 heterocycles. The van der Waals surface area contributed by atoms with Crippen LogP contribution >= 0.6 is 12.8 Å². The molecule has 0 aromatic rings. The van der Waals surface area contributed by atoms with Crippen LogP contribution in [0.3, 0.4) is 0 Å². The molecule has 1 aliphatic heterocycles. The quantitative estimate of drug-likeness (QED) is 0.654. The van der Waals surface area contributed by atoms with Crippen molar-refractivity contribution in [1.29, 1.82) is 0 Å². The molecule has 0 spiro atoms. The zero-order chi connectivity index (χ0) is 9.56. The lowest BCUT2D eigenvalue weighted by Gasteiger charge is -2.14. The maximum Gasteiger partial charge on any atom is 0.304 e. The first-order chi connectivity index (χ1) is 5.70. The number of thiol groups is 1. The minimum absolute atomic E-state index is 0.154. The van der Waals surface area contributed by atoms with Crippen LogP contribution in [0.25, 0.3) is 0 Å². The van der Waals surface area contributed by atoms with Crippen LogP contribution in [0.5, 0.6) is 0 Å². The van der Waals surface area contributed by atoms with E-state index in [0.717, 1.165) is 19.4 Å². The van der Waals surface area contributed by atoms with E-state index in [4.69, 9.17) is 5.11 Å². The number of aliphatic carboxylic acids is 1. The van der Waals surface area contributed by atoms with Gasteiger partial charge in [0, 0.05) is 12.6 Å². The molecule has 0 saturated carbocycles. The highest BCUT2D eigenvalue weighted by atomic mass is 32.1. The van der Waals surface area contributed by atoms with Gasteiger partial charge in [0.25, 0.3) is 0 Å². The summed E-state index contributed by atoms with van der Waals surface area (Å²) < 4.78 is 1.81. The van der Waals surface area contributed by atoms with Gasteiger partial charge in [-0.05, 0) is 12.8 Å². The van der Waals surface area contributed by atoms with Crippen LogP contribution in [0.1, 0.15) is 33.1 Å². The number of hydrogen-bond acceptors (Lipinski definition) is 3. The first-order valence-corrected chi connectivity index (χ1v) is 4.77. The van der Waals surface area contributed by atoms with Crippen molar-refractivity contribution in [3.8, 4) is 0 Å². The van der Waals surface area contributed by atoms with E-state index in [1.807, 2.05) is 18.2 Å². The van der Waals surface area contributed by atoms with Gasteiger partial charge in [-0.25, -0.2) is 4.31 Å². The SMILES string of the molecule is CC.O=C(O)CC1CCCN1S. The number of nitrogens with zero attached hydrogens (tertiary/aromatic N) is 1. The van der Waals surface area contributed by atoms with Crippen LogP contribution < -0.4 is 0 Å². The molecule has 12 heavy (non-hydrogen) atoms. The lowest BCUT2D eigenvalue weighted by atomic mass is 10.2. The molecule has 1 fully saturated rings. The molecule has 0 aliphatic carbocycles. The molecular weight excluding hydrogens is 174 g/mol. The summed E-state index contributed by atoms with van der Waals surface area (Å²) in [6.45, 7) is 4.92. The van der Waals surface area contributed by atoms with Crippen molar-refractivity contribution in [2.75, 3.05) is 6.54 Å². The van der Waals surface area contributed by atoms with E-state index in [1.165, 1.54) is 0 Å². The maximum absolute atomic E-state index is 10.2. The summed E-state index contributed by atoms with van der Waals surface area (Å²) in [7, 11) is 0. The maximum atomic E-state index is 10.2. The standard InChI is InChI=1S/C6H11NO2S.C2H6/c8-6(9)4-5-2-1-3-7(5)10;1-2/h5,10H,1-4H2,(H,8,9);1-2H3. The number of carboxylic acid groups (broad SMARTS) is 1. The van der Waals surface area contributed by atoms with Gasteiger partial charge in [0.1, 0.15) is 0 Å². The van der Waals surface area contributed by atoms with E-state index in [9.17, 15) is 4.79 Å². The molecule has 0 amide bonds. The molecule has 4 heteroatoms. The van der Waals surface area contributed by atoms with E-state index in [2.05, 4.69) is 12.8 Å². The van der Waals surface area contributed by atoms with Crippen molar-refractivity contribution in [2.24, 2.45) is 0 Å². The van der Waals surface area contributed by atoms with Crippen LogP contribution in [0.2, 0.25) is 0 Å². The average molecular weight is 191 g/mol. The van der Waals surface area contributed by atoms with Crippen LogP contribution in [0.15, 0.2) is 0 Å².